The number of piperidine rings is 1. The highest BCUT2D eigenvalue weighted by Gasteiger charge is 2.32. The quantitative estimate of drug-likeness (QED) is 0.756. The Labute approximate surface area is 146 Å². The van der Waals surface area contributed by atoms with E-state index in [9.17, 15) is 4.79 Å². The molecule has 0 radical (unpaired) electrons. The third kappa shape index (κ3) is 4.73. The van der Waals surface area contributed by atoms with Crippen molar-refractivity contribution in [3.05, 3.63) is 29.8 Å². The Balaban J connectivity index is 1.94. The molecule has 0 N–H and O–H groups in total. The summed E-state index contributed by atoms with van der Waals surface area (Å²) in [5.41, 5.74) is 1.02. The number of hydrogen-bond donors (Lipinski definition) is 0. The van der Waals surface area contributed by atoms with Gasteiger partial charge in [0, 0.05) is 12.6 Å². The van der Waals surface area contributed by atoms with Crippen molar-refractivity contribution in [3.8, 4) is 5.75 Å². The van der Waals surface area contributed by atoms with Crippen LogP contribution in [0.2, 0.25) is 0 Å². The summed E-state index contributed by atoms with van der Waals surface area (Å²) in [5, 5.41) is 0. The van der Waals surface area contributed by atoms with Crippen LogP contribution in [0.1, 0.15) is 52.0 Å². The molecule has 1 aliphatic heterocycles. The van der Waals surface area contributed by atoms with Crippen LogP contribution in [0.25, 0.3) is 0 Å². The fourth-order valence-corrected chi connectivity index (χ4v) is 3.38. The highest BCUT2D eigenvalue weighted by Crippen LogP contribution is 2.26. The molecule has 0 spiro atoms. The highest BCUT2D eigenvalue weighted by atomic mass is 16.5. The van der Waals surface area contributed by atoms with Crippen molar-refractivity contribution in [2.75, 3.05) is 13.7 Å². The van der Waals surface area contributed by atoms with E-state index >= 15 is 0 Å². The summed E-state index contributed by atoms with van der Waals surface area (Å²) in [6.07, 6.45) is 4.12. The van der Waals surface area contributed by atoms with Gasteiger partial charge in [-0.15, -0.1) is 0 Å². The first kappa shape index (κ1) is 18.8. The zero-order valence-electron chi connectivity index (χ0n) is 15.5. The molecule has 0 saturated carbocycles. The van der Waals surface area contributed by atoms with Crippen molar-refractivity contribution >= 4 is 5.91 Å². The first-order chi connectivity index (χ1) is 11.6. The summed E-state index contributed by atoms with van der Waals surface area (Å²) in [5.74, 6) is 1.48. The van der Waals surface area contributed by atoms with Gasteiger partial charge in [-0.2, -0.15) is 0 Å². The second kappa shape index (κ2) is 9.07. The standard InChI is InChI=1S/C20H31NO3/c1-5-15(2)19-11-6-7-12-21(19)20(22)16(3)24-14-17-9-8-10-18(13-17)23-4/h8-10,13,15-16,19H,5-7,11-12,14H2,1-4H3/t15-,16+,19+/m0/s1. The second-order valence-electron chi connectivity index (χ2n) is 6.79. The molecule has 0 bridgehead atoms. The molecule has 1 amide bonds. The minimum Gasteiger partial charge on any atom is -0.497 e. The molecule has 0 aliphatic carbocycles. The van der Waals surface area contributed by atoms with Crippen LogP contribution in [0.15, 0.2) is 24.3 Å². The van der Waals surface area contributed by atoms with Crippen molar-refractivity contribution < 1.29 is 14.3 Å². The van der Waals surface area contributed by atoms with Gasteiger partial charge in [0.15, 0.2) is 0 Å². The van der Waals surface area contributed by atoms with Crippen LogP contribution in [0.5, 0.6) is 5.75 Å². The molecule has 24 heavy (non-hydrogen) atoms. The third-order valence-electron chi connectivity index (χ3n) is 5.12. The van der Waals surface area contributed by atoms with Gasteiger partial charge < -0.3 is 14.4 Å². The Kier molecular flexibility index (Phi) is 7.10. The number of carbonyl (C=O) groups excluding carboxylic acids is 1. The molecule has 3 atom stereocenters. The van der Waals surface area contributed by atoms with Crippen molar-refractivity contribution in [1.29, 1.82) is 0 Å². The summed E-state index contributed by atoms with van der Waals surface area (Å²) >= 11 is 0. The summed E-state index contributed by atoms with van der Waals surface area (Å²) < 4.78 is 11.1. The zero-order valence-corrected chi connectivity index (χ0v) is 15.5. The van der Waals surface area contributed by atoms with Crippen LogP contribution < -0.4 is 4.74 Å². The van der Waals surface area contributed by atoms with E-state index in [1.165, 1.54) is 6.42 Å². The van der Waals surface area contributed by atoms with Crippen LogP contribution in [0.4, 0.5) is 0 Å². The van der Waals surface area contributed by atoms with Gasteiger partial charge in [-0.25, -0.2) is 0 Å². The molecule has 134 valence electrons. The normalized spacial score (nSPS) is 20.5. The van der Waals surface area contributed by atoms with Crippen molar-refractivity contribution in [2.45, 2.75) is 65.2 Å². The van der Waals surface area contributed by atoms with E-state index in [4.69, 9.17) is 9.47 Å². The third-order valence-corrected chi connectivity index (χ3v) is 5.12. The molecule has 1 aliphatic rings. The largest absolute Gasteiger partial charge is 0.497 e. The Hall–Kier alpha value is -1.55. The number of rotatable bonds is 7. The molecule has 1 heterocycles. The average Bonchev–Trinajstić information content (AvgIpc) is 2.64. The lowest BCUT2D eigenvalue weighted by atomic mass is 9.89. The Morgan fingerprint density at radius 1 is 1.33 bits per heavy atom. The molecule has 2 rings (SSSR count). The SMILES string of the molecule is CC[C@H](C)[C@H]1CCCCN1C(=O)[C@@H](C)OCc1cccc(OC)c1. The maximum atomic E-state index is 12.8. The van der Waals surface area contributed by atoms with Crippen LogP contribution in [-0.2, 0) is 16.1 Å². The summed E-state index contributed by atoms with van der Waals surface area (Å²) in [7, 11) is 1.65. The molecule has 4 nitrogen and oxygen atoms in total. The fraction of sp³-hybridized carbons (Fsp3) is 0.650. The molecular weight excluding hydrogens is 302 g/mol. The van der Waals surface area contributed by atoms with Crippen LogP contribution in [0, 0.1) is 5.92 Å². The Morgan fingerprint density at radius 3 is 2.83 bits per heavy atom. The molecule has 1 aromatic carbocycles. The maximum Gasteiger partial charge on any atom is 0.251 e. The van der Waals surface area contributed by atoms with Gasteiger partial charge in [0.05, 0.1) is 13.7 Å². The molecule has 1 aromatic rings. The molecule has 4 heteroatoms. The van der Waals surface area contributed by atoms with E-state index in [2.05, 4.69) is 18.7 Å². The molecule has 1 fully saturated rings. The summed E-state index contributed by atoms with van der Waals surface area (Å²) in [4.78, 5) is 14.9. The number of amides is 1. The molecule has 0 aromatic heterocycles. The van der Waals surface area contributed by atoms with E-state index < -0.39 is 6.10 Å². The van der Waals surface area contributed by atoms with Crippen molar-refractivity contribution in [2.24, 2.45) is 5.92 Å². The van der Waals surface area contributed by atoms with E-state index in [1.54, 1.807) is 7.11 Å². The Morgan fingerprint density at radius 2 is 2.12 bits per heavy atom. The topological polar surface area (TPSA) is 38.8 Å². The number of carbonyl (C=O) groups is 1. The van der Waals surface area contributed by atoms with Crippen LogP contribution in [-0.4, -0.2) is 36.6 Å². The first-order valence-electron chi connectivity index (χ1n) is 9.11. The Bertz CT molecular complexity index is 531. The van der Waals surface area contributed by atoms with Gasteiger partial charge >= 0.3 is 0 Å². The van der Waals surface area contributed by atoms with E-state index in [-0.39, 0.29) is 5.91 Å². The predicted octanol–water partition coefficient (Wildman–Crippen LogP) is 4.03. The first-order valence-corrected chi connectivity index (χ1v) is 9.11. The molecular formula is C20H31NO3. The molecule has 1 saturated heterocycles. The van der Waals surface area contributed by atoms with E-state index in [0.29, 0.717) is 18.6 Å². The zero-order chi connectivity index (χ0) is 17.5. The number of hydrogen-bond acceptors (Lipinski definition) is 3. The lowest BCUT2D eigenvalue weighted by Crippen LogP contribution is -2.50. The second-order valence-corrected chi connectivity index (χ2v) is 6.79. The molecule has 0 unspecified atom stereocenters. The number of nitrogens with zero attached hydrogens (tertiary/aromatic N) is 1. The minimum atomic E-state index is -0.416. The fourth-order valence-electron chi connectivity index (χ4n) is 3.38. The van der Waals surface area contributed by atoms with Gasteiger partial charge in [-0.05, 0) is 49.8 Å². The lowest BCUT2D eigenvalue weighted by Gasteiger charge is -2.40. The van der Waals surface area contributed by atoms with Gasteiger partial charge in [0.25, 0.3) is 5.91 Å². The van der Waals surface area contributed by atoms with Crippen LogP contribution in [0.3, 0.4) is 0 Å². The van der Waals surface area contributed by atoms with E-state index in [1.807, 2.05) is 31.2 Å². The lowest BCUT2D eigenvalue weighted by molar-refractivity contribution is -0.148. The number of benzene rings is 1. The minimum absolute atomic E-state index is 0.128. The number of methoxy groups -OCH3 is 1. The maximum absolute atomic E-state index is 12.8. The van der Waals surface area contributed by atoms with E-state index in [0.717, 1.165) is 37.1 Å². The van der Waals surface area contributed by atoms with Gasteiger partial charge in [-0.3, -0.25) is 4.79 Å². The monoisotopic (exact) mass is 333 g/mol. The van der Waals surface area contributed by atoms with Crippen molar-refractivity contribution in [1.82, 2.24) is 4.90 Å². The summed E-state index contributed by atoms with van der Waals surface area (Å²) in [6, 6.07) is 8.14. The van der Waals surface area contributed by atoms with Gasteiger partial charge in [-0.1, -0.05) is 32.4 Å². The summed E-state index contributed by atoms with van der Waals surface area (Å²) in [6.45, 7) is 7.60. The van der Waals surface area contributed by atoms with Crippen molar-refractivity contribution in [3.63, 3.8) is 0 Å². The predicted molar refractivity (Wildman–Crippen MR) is 96.1 cm³/mol. The average molecular weight is 333 g/mol. The number of likely N-dealkylation sites (tertiary alicyclic amines) is 1. The smallest absolute Gasteiger partial charge is 0.251 e. The number of ether oxygens (including phenoxy) is 2. The highest BCUT2D eigenvalue weighted by molar-refractivity contribution is 5.81. The van der Waals surface area contributed by atoms with Gasteiger partial charge in [0.2, 0.25) is 0 Å². The van der Waals surface area contributed by atoms with Crippen LogP contribution >= 0.6 is 0 Å². The van der Waals surface area contributed by atoms with Gasteiger partial charge in [0.1, 0.15) is 11.9 Å².